The van der Waals surface area contributed by atoms with Crippen LogP contribution in [0.2, 0.25) is 5.02 Å². The van der Waals surface area contributed by atoms with Crippen molar-refractivity contribution < 1.29 is 4.39 Å². The number of halogens is 3. The molecule has 0 radical (unpaired) electrons. The van der Waals surface area contributed by atoms with Crippen LogP contribution < -0.4 is 5.32 Å². The summed E-state index contributed by atoms with van der Waals surface area (Å²) in [6.45, 7) is 0. The van der Waals surface area contributed by atoms with Gasteiger partial charge in [0.25, 0.3) is 0 Å². The third kappa shape index (κ3) is 2.94. The van der Waals surface area contributed by atoms with Gasteiger partial charge in [0, 0.05) is 22.6 Å². The first-order valence-electron chi connectivity index (χ1n) is 6.15. The van der Waals surface area contributed by atoms with Gasteiger partial charge in [0.05, 0.1) is 10.7 Å². The molecule has 1 aromatic heterocycles. The summed E-state index contributed by atoms with van der Waals surface area (Å²) >= 11 is 9.38. The molecule has 0 aliphatic carbocycles. The second-order valence-electron chi connectivity index (χ2n) is 4.33. The van der Waals surface area contributed by atoms with Crippen molar-refractivity contribution in [2.24, 2.45) is 0 Å². The van der Waals surface area contributed by atoms with E-state index < -0.39 is 5.82 Å². The zero-order valence-corrected chi connectivity index (χ0v) is 13.1. The van der Waals surface area contributed by atoms with E-state index in [-0.39, 0.29) is 5.02 Å². The molecule has 106 valence electrons. The highest BCUT2D eigenvalue weighted by Gasteiger charge is 2.12. The van der Waals surface area contributed by atoms with Crippen LogP contribution in [-0.4, -0.2) is 9.55 Å². The van der Waals surface area contributed by atoms with E-state index >= 15 is 0 Å². The molecule has 0 fully saturated rings. The summed E-state index contributed by atoms with van der Waals surface area (Å²) in [5.41, 5.74) is 1.54. The van der Waals surface area contributed by atoms with Crippen molar-refractivity contribution in [3.8, 4) is 5.69 Å². The van der Waals surface area contributed by atoms with E-state index in [1.807, 2.05) is 41.1 Å². The molecule has 3 rings (SSSR count). The minimum atomic E-state index is -0.399. The second-order valence-corrected chi connectivity index (χ2v) is 5.59. The maximum atomic E-state index is 13.3. The Morgan fingerprint density at radius 1 is 1.19 bits per heavy atom. The van der Waals surface area contributed by atoms with E-state index in [9.17, 15) is 4.39 Å². The Bertz CT molecular complexity index is 751. The molecule has 0 amide bonds. The molecule has 0 atom stereocenters. The Morgan fingerprint density at radius 3 is 2.67 bits per heavy atom. The van der Waals surface area contributed by atoms with Gasteiger partial charge in [-0.15, -0.1) is 0 Å². The van der Waals surface area contributed by atoms with Crippen LogP contribution in [0.5, 0.6) is 0 Å². The van der Waals surface area contributed by atoms with E-state index in [0.717, 1.165) is 5.69 Å². The number of aromatic nitrogens is 2. The standard InChI is InChI=1S/C15H10BrClFN3/c16-12-8-10(18)9-13(17)14(12)20-15-19-6-7-21(15)11-4-2-1-3-5-11/h1-9H,(H,19,20). The Balaban J connectivity index is 1.99. The van der Waals surface area contributed by atoms with Crippen LogP contribution >= 0.6 is 27.5 Å². The highest BCUT2D eigenvalue weighted by molar-refractivity contribution is 9.10. The fourth-order valence-corrected chi connectivity index (χ4v) is 2.87. The lowest BCUT2D eigenvalue weighted by atomic mass is 10.3. The first-order valence-corrected chi connectivity index (χ1v) is 7.32. The van der Waals surface area contributed by atoms with Crippen LogP contribution in [-0.2, 0) is 0 Å². The largest absolute Gasteiger partial charge is 0.323 e. The maximum Gasteiger partial charge on any atom is 0.212 e. The molecule has 3 nitrogen and oxygen atoms in total. The Morgan fingerprint density at radius 2 is 1.95 bits per heavy atom. The molecule has 0 unspecified atom stereocenters. The fourth-order valence-electron chi connectivity index (χ4n) is 1.97. The molecule has 0 aliphatic rings. The molecule has 21 heavy (non-hydrogen) atoms. The summed E-state index contributed by atoms with van der Waals surface area (Å²) in [6, 6.07) is 12.4. The fraction of sp³-hybridized carbons (Fsp3) is 0. The zero-order valence-electron chi connectivity index (χ0n) is 10.7. The van der Waals surface area contributed by atoms with Gasteiger partial charge in [0.2, 0.25) is 5.95 Å². The number of nitrogens with one attached hydrogen (secondary N) is 1. The first kappa shape index (κ1) is 14.1. The third-order valence-electron chi connectivity index (χ3n) is 2.92. The van der Waals surface area contributed by atoms with Gasteiger partial charge in [-0.3, -0.25) is 4.57 Å². The highest BCUT2D eigenvalue weighted by atomic mass is 79.9. The van der Waals surface area contributed by atoms with Crippen molar-refractivity contribution in [1.29, 1.82) is 0 Å². The smallest absolute Gasteiger partial charge is 0.212 e. The van der Waals surface area contributed by atoms with Crippen LogP contribution in [0.25, 0.3) is 5.69 Å². The summed E-state index contributed by atoms with van der Waals surface area (Å²) in [6.07, 6.45) is 3.52. The predicted octanol–water partition coefficient (Wildman–Crippen LogP) is 5.17. The molecule has 1 N–H and O–H groups in total. The van der Waals surface area contributed by atoms with E-state index in [1.165, 1.54) is 12.1 Å². The third-order valence-corrected chi connectivity index (χ3v) is 3.84. The molecule has 0 spiro atoms. The lowest BCUT2D eigenvalue weighted by Crippen LogP contribution is -2.02. The lowest BCUT2D eigenvalue weighted by molar-refractivity contribution is 0.627. The Labute approximate surface area is 134 Å². The van der Waals surface area contributed by atoms with Crippen LogP contribution in [0.3, 0.4) is 0 Å². The molecule has 0 saturated heterocycles. The van der Waals surface area contributed by atoms with Crippen molar-refractivity contribution in [2.75, 3.05) is 5.32 Å². The lowest BCUT2D eigenvalue weighted by Gasteiger charge is -2.12. The van der Waals surface area contributed by atoms with Crippen LogP contribution in [0.15, 0.2) is 59.3 Å². The number of nitrogens with zero attached hydrogens (tertiary/aromatic N) is 2. The van der Waals surface area contributed by atoms with Crippen LogP contribution in [0.4, 0.5) is 16.0 Å². The highest BCUT2D eigenvalue weighted by Crippen LogP contribution is 2.34. The molecule has 6 heteroatoms. The van der Waals surface area contributed by atoms with E-state index in [0.29, 0.717) is 16.1 Å². The van der Waals surface area contributed by atoms with Crippen molar-refractivity contribution in [1.82, 2.24) is 9.55 Å². The van der Waals surface area contributed by atoms with Gasteiger partial charge >= 0.3 is 0 Å². The topological polar surface area (TPSA) is 29.9 Å². The first-order chi connectivity index (χ1) is 10.1. The zero-order chi connectivity index (χ0) is 14.8. The normalized spacial score (nSPS) is 10.6. The van der Waals surface area contributed by atoms with Gasteiger partial charge in [0.15, 0.2) is 0 Å². The SMILES string of the molecule is Fc1cc(Cl)c(Nc2nccn2-c2ccccc2)c(Br)c1. The average Bonchev–Trinajstić information content (AvgIpc) is 2.92. The minimum absolute atomic E-state index is 0.282. The van der Waals surface area contributed by atoms with Crippen molar-refractivity contribution in [3.63, 3.8) is 0 Å². The predicted molar refractivity (Wildman–Crippen MR) is 86.0 cm³/mol. The van der Waals surface area contributed by atoms with Gasteiger partial charge in [-0.05, 0) is 40.2 Å². The van der Waals surface area contributed by atoms with Gasteiger partial charge < -0.3 is 5.32 Å². The maximum absolute atomic E-state index is 13.3. The minimum Gasteiger partial charge on any atom is -0.323 e. The average molecular weight is 367 g/mol. The van der Waals surface area contributed by atoms with Crippen LogP contribution in [0, 0.1) is 5.82 Å². The Kier molecular flexibility index (Phi) is 3.94. The summed E-state index contributed by atoms with van der Waals surface area (Å²) in [7, 11) is 0. The summed E-state index contributed by atoms with van der Waals surface area (Å²) < 4.78 is 15.7. The molecule has 0 saturated carbocycles. The molecule has 0 aliphatic heterocycles. The summed E-state index contributed by atoms with van der Waals surface area (Å²) in [4.78, 5) is 4.27. The number of hydrogen-bond donors (Lipinski definition) is 1. The van der Waals surface area contributed by atoms with Gasteiger partial charge in [-0.2, -0.15) is 0 Å². The summed E-state index contributed by atoms with van der Waals surface area (Å²) in [5, 5.41) is 3.40. The number of rotatable bonds is 3. The number of para-hydroxylation sites is 1. The molecular weight excluding hydrogens is 357 g/mol. The second kappa shape index (κ2) is 5.87. The molecular formula is C15H10BrClFN3. The number of imidazole rings is 1. The van der Waals surface area contributed by atoms with E-state index in [1.54, 1.807) is 6.20 Å². The molecule has 3 aromatic rings. The number of benzene rings is 2. The van der Waals surface area contributed by atoms with E-state index in [4.69, 9.17) is 11.6 Å². The van der Waals surface area contributed by atoms with Crippen LogP contribution in [0.1, 0.15) is 0 Å². The van der Waals surface area contributed by atoms with Gasteiger partial charge in [0.1, 0.15) is 5.82 Å². The molecule has 2 aromatic carbocycles. The van der Waals surface area contributed by atoms with Crippen molar-refractivity contribution in [3.05, 3.63) is 70.2 Å². The van der Waals surface area contributed by atoms with Crippen molar-refractivity contribution >= 4 is 39.2 Å². The van der Waals surface area contributed by atoms with Gasteiger partial charge in [-0.25, -0.2) is 9.37 Å². The Hall–Kier alpha value is -1.85. The monoisotopic (exact) mass is 365 g/mol. The van der Waals surface area contributed by atoms with Gasteiger partial charge in [-0.1, -0.05) is 29.8 Å². The molecule has 0 bridgehead atoms. The number of hydrogen-bond acceptors (Lipinski definition) is 2. The van der Waals surface area contributed by atoms with E-state index in [2.05, 4.69) is 26.2 Å². The number of anilines is 2. The van der Waals surface area contributed by atoms with Crippen molar-refractivity contribution in [2.45, 2.75) is 0 Å². The molecule has 1 heterocycles. The summed E-state index contributed by atoms with van der Waals surface area (Å²) in [5.74, 6) is 0.194. The quantitative estimate of drug-likeness (QED) is 0.693.